The highest BCUT2D eigenvalue weighted by atomic mass is 32.1. The van der Waals surface area contributed by atoms with E-state index in [0.29, 0.717) is 10.6 Å². The Morgan fingerprint density at radius 2 is 2.12 bits per heavy atom. The van der Waals surface area contributed by atoms with Crippen LogP contribution in [0, 0.1) is 10.1 Å². The lowest BCUT2D eigenvalue weighted by atomic mass is 10.2. The number of benzene rings is 1. The normalized spacial score (nSPS) is 11.9. The second-order valence-corrected chi connectivity index (χ2v) is 6.41. The number of aliphatic hydroxyl groups is 1. The zero-order valence-electron chi connectivity index (χ0n) is 12.9. The van der Waals surface area contributed by atoms with Crippen LogP contribution < -0.4 is 5.32 Å². The molecule has 3 aromatic rings. The summed E-state index contributed by atoms with van der Waals surface area (Å²) in [6.45, 7) is 0.261. The molecular formula is C17H14N2O5S. The molecule has 0 radical (unpaired) electrons. The largest absolute Gasteiger partial charge is 0.466 e. The Balaban J connectivity index is 1.63. The highest BCUT2D eigenvalue weighted by Crippen LogP contribution is 2.28. The van der Waals surface area contributed by atoms with Gasteiger partial charge in [-0.15, -0.1) is 11.3 Å². The summed E-state index contributed by atoms with van der Waals surface area (Å²) in [6, 6.07) is 12.5. The van der Waals surface area contributed by atoms with Crippen LogP contribution in [0.3, 0.4) is 0 Å². The molecule has 0 aliphatic carbocycles. The van der Waals surface area contributed by atoms with E-state index in [-0.39, 0.29) is 17.8 Å². The predicted molar refractivity (Wildman–Crippen MR) is 91.4 cm³/mol. The van der Waals surface area contributed by atoms with Crippen molar-refractivity contribution in [3.63, 3.8) is 0 Å². The third-order valence-electron chi connectivity index (χ3n) is 3.51. The third-order valence-corrected chi connectivity index (χ3v) is 4.64. The van der Waals surface area contributed by atoms with Gasteiger partial charge in [0.25, 0.3) is 11.6 Å². The smallest absolute Gasteiger partial charge is 0.270 e. The molecule has 1 aromatic carbocycles. The van der Waals surface area contributed by atoms with Gasteiger partial charge in [-0.1, -0.05) is 6.07 Å². The number of thiophene rings is 1. The van der Waals surface area contributed by atoms with E-state index in [4.69, 9.17) is 4.42 Å². The molecule has 2 aromatic heterocycles. The maximum absolute atomic E-state index is 12.1. The first kappa shape index (κ1) is 16.9. The lowest BCUT2D eigenvalue weighted by Crippen LogP contribution is -2.22. The van der Waals surface area contributed by atoms with E-state index in [2.05, 4.69) is 5.32 Å². The van der Waals surface area contributed by atoms with Crippen molar-refractivity contribution >= 4 is 22.9 Å². The van der Waals surface area contributed by atoms with E-state index in [1.807, 2.05) is 0 Å². The summed E-state index contributed by atoms with van der Waals surface area (Å²) < 4.78 is 5.18. The van der Waals surface area contributed by atoms with Gasteiger partial charge in [0.2, 0.25) is 0 Å². The van der Waals surface area contributed by atoms with Gasteiger partial charge in [-0.25, -0.2) is 0 Å². The molecule has 0 saturated heterocycles. The summed E-state index contributed by atoms with van der Waals surface area (Å²) in [6.07, 6.45) is 0.646. The SMILES string of the molecule is O=C(NCc1ccc(C(O)c2ccco2)s1)c1cccc([N+](=O)[O-])c1. The molecule has 0 bridgehead atoms. The molecule has 1 atom stereocenters. The van der Waals surface area contributed by atoms with Crippen molar-refractivity contribution in [1.82, 2.24) is 5.32 Å². The molecular weight excluding hydrogens is 344 g/mol. The fourth-order valence-electron chi connectivity index (χ4n) is 2.25. The monoisotopic (exact) mass is 358 g/mol. The highest BCUT2D eigenvalue weighted by molar-refractivity contribution is 7.12. The number of hydrogen-bond acceptors (Lipinski definition) is 6. The summed E-state index contributed by atoms with van der Waals surface area (Å²) >= 11 is 1.35. The number of nitro benzene ring substituents is 1. The van der Waals surface area contributed by atoms with E-state index in [1.54, 1.807) is 24.3 Å². The van der Waals surface area contributed by atoms with Crippen LogP contribution in [-0.4, -0.2) is 15.9 Å². The van der Waals surface area contributed by atoms with Gasteiger partial charge in [-0.2, -0.15) is 0 Å². The number of rotatable bonds is 6. The van der Waals surface area contributed by atoms with Crippen molar-refractivity contribution < 1.29 is 19.2 Å². The van der Waals surface area contributed by atoms with Crippen LogP contribution in [0.4, 0.5) is 5.69 Å². The van der Waals surface area contributed by atoms with E-state index in [9.17, 15) is 20.0 Å². The van der Waals surface area contributed by atoms with Gasteiger partial charge in [0.1, 0.15) is 11.9 Å². The van der Waals surface area contributed by atoms with Crippen LogP contribution in [0.2, 0.25) is 0 Å². The molecule has 25 heavy (non-hydrogen) atoms. The second-order valence-electron chi connectivity index (χ2n) is 5.21. The first-order valence-corrected chi connectivity index (χ1v) is 8.19. The Morgan fingerprint density at radius 1 is 1.28 bits per heavy atom. The second kappa shape index (κ2) is 7.29. The number of nitrogens with one attached hydrogen (secondary N) is 1. The van der Waals surface area contributed by atoms with Gasteiger partial charge in [0.05, 0.1) is 17.7 Å². The average Bonchev–Trinajstić information content (AvgIpc) is 3.31. The molecule has 2 N–H and O–H groups in total. The van der Waals surface area contributed by atoms with Crippen molar-refractivity contribution in [1.29, 1.82) is 0 Å². The molecule has 8 heteroatoms. The number of amides is 1. The van der Waals surface area contributed by atoms with Gasteiger partial charge in [0.15, 0.2) is 0 Å². The molecule has 1 unspecified atom stereocenters. The first-order valence-electron chi connectivity index (χ1n) is 7.37. The average molecular weight is 358 g/mol. The zero-order chi connectivity index (χ0) is 17.8. The van der Waals surface area contributed by atoms with Gasteiger partial charge < -0.3 is 14.8 Å². The van der Waals surface area contributed by atoms with Crippen molar-refractivity contribution in [2.24, 2.45) is 0 Å². The standard InChI is InChI=1S/C17H14N2O5S/c20-16(14-5-2-8-24-14)15-7-6-13(25-15)10-18-17(21)11-3-1-4-12(9-11)19(22)23/h1-9,16,20H,10H2,(H,18,21). The number of hydrogen-bond donors (Lipinski definition) is 2. The van der Waals surface area contributed by atoms with Crippen LogP contribution in [-0.2, 0) is 6.54 Å². The van der Waals surface area contributed by atoms with Crippen molar-refractivity contribution in [2.75, 3.05) is 0 Å². The summed E-state index contributed by atoms with van der Waals surface area (Å²) in [5.74, 6) is 0.0549. The topological polar surface area (TPSA) is 106 Å². The van der Waals surface area contributed by atoms with Crippen LogP contribution in [0.5, 0.6) is 0 Å². The summed E-state index contributed by atoms with van der Waals surface area (Å²) in [4.78, 5) is 23.9. The van der Waals surface area contributed by atoms with E-state index in [0.717, 1.165) is 4.88 Å². The molecule has 0 fully saturated rings. The van der Waals surface area contributed by atoms with Crippen LogP contribution in [0.15, 0.2) is 59.2 Å². The van der Waals surface area contributed by atoms with E-state index < -0.39 is 16.9 Å². The first-order chi connectivity index (χ1) is 12.0. The van der Waals surface area contributed by atoms with E-state index in [1.165, 1.54) is 41.9 Å². The van der Waals surface area contributed by atoms with Crippen LogP contribution in [0.1, 0.15) is 32.0 Å². The Kier molecular flexibility index (Phi) is 4.92. The zero-order valence-corrected chi connectivity index (χ0v) is 13.7. The van der Waals surface area contributed by atoms with Crippen molar-refractivity contribution in [3.05, 3.63) is 86.0 Å². The summed E-state index contributed by atoms with van der Waals surface area (Å²) in [7, 11) is 0. The van der Waals surface area contributed by atoms with Gasteiger partial charge >= 0.3 is 0 Å². The Labute approximate surface area is 146 Å². The fourth-order valence-corrected chi connectivity index (χ4v) is 3.20. The Hall–Kier alpha value is -2.97. The molecule has 0 saturated carbocycles. The molecule has 0 aliphatic heterocycles. The number of carbonyl (C=O) groups is 1. The number of non-ortho nitro benzene ring substituents is 1. The number of nitro groups is 1. The van der Waals surface area contributed by atoms with E-state index >= 15 is 0 Å². The van der Waals surface area contributed by atoms with Crippen molar-refractivity contribution in [2.45, 2.75) is 12.6 Å². The molecule has 3 rings (SSSR count). The minimum Gasteiger partial charge on any atom is -0.466 e. The number of nitrogens with zero attached hydrogens (tertiary/aromatic N) is 1. The lowest BCUT2D eigenvalue weighted by molar-refractivity contribution is -0.384. The molecule has 0 spiro atoms. The van der Waals surface area contributed by atoms with Crippen molar-refractivity contribution in [3.8, 4) is 0 Å². The van der Waals surface area contributed by atoms with Gasteiger partial charge in [-0.3, -0.25) is 14.9 Å². The van der Waals surface area contributed by atoms with Gasteiger partial charge in [-0.05, 0) is 30.3 Å². The summed E-state index contributed by atoms with van der Waals surface area (Å²) in [5.41, 5.74) is 0.0919. The van der Waals surface area contributed by atoms with Gasteiger partial charge in [0, 0.05) is 27.5 Å². The van der Waals surface area contributed by atoms with Crippen LogP contribution >= 0.6 is 11.3 Å². The Bertz CT molecular complexity index is 888. The maximum Gasteiger partial charge on any atom is 0.270 e. The minimum atomic E-state index is -0.846. The molecule has 7 nitrogen and oxygen atoms in total. The number of carbonyl (C=O) groups excluding carboxylic acids is 1. The Morgan fingerprint density at radius 3 is 2.84 bits per heavy atom. The summed E-state index contributed by atoms with van der Waals surface area (Å²) in [5, 5.41) is 23.7. The van der Waals surface area contributed by atoms with Crippen LogP contribution in [0.25, 0.3) is 0 Å². The maximum atomic E-state index is 12.1. The number of aliphatic hydroxyl groups excluding tert-OH is 1. The lowest BCUT2D eigenvalue weighted by Gasteiger charge is -2.05. The molecule has 0 aliphatic rings. The quantitative estimate of drug-likeness (QED) is 0.520. The molecule has 2 heterocycles. The molecule has 1 amide bonds. The fraction of sp³-hybridized carbons (Fsp3) is 0.118. The highest BCUT2D eigenvalue weighted by Gasteiger charge is 2.16. The number of furan rings is 1. The minimum absolute atomic E-state index is 0.132. The third kappa shape index (κ3) is 3.93. The predicted octanol–water partition coefficient (Wildman–Crippen LogP) is 3.26. The molecule has 128 valence electrons.